The number of hydrogen-bond acceptors (Lipinski definition) is 4. The van der Waals surface area contributed by atoms with Crippen LogP contribution in [0.5, 0.6) is 0 Å². The molecule has 0 saturated carbocycles. The van der Waals surface area contributed by atoms with Gasteiger partial charge in [-0.1, -0.05) is 0 Å². The Morgan fingerprint density at radius 1 is 1.23 bits per heavy atom. The van der Waals surface area contributed by atoms with Crippen molar-refractivity contribution in [2.45, 2.75) is 24.2 Å². The number of sulfonamides is 1. The maximum atomic E-state index is 12.6. The molecule has 8 heteroatoms. The first kappa shape index (κ1) is 15.2. The molecule has 0 aromatic carbocycles. The van der Waals surface area contributed by atoms with Gasteiger partial charge in [-0.3, -0.25) is 4.98 Å². The molecule has 0 aliphatic carbocycles. The van der Waals surface area contributed by atoms with Crippen molar-refractivity contribution in [1.82, 2.24) is 14.2 Å². The van der Waals surface area contributed by atoms with Crippen LogP contribution in [0.15, 0.2) is 29.4 Å². The lowest BCUT2D eigenvalue weighted by atomic mass is 9.78. The van der Waals surface area contributed by atoms with E-state index in [2.05, 4.69) is 4.98 Å². The normalized spacial score (nSPS) is 22.1. The Balaban J connectivity index is 1.72. The molecule has 22 heavy (non-hydrogen) atoms. The number of aromatic nitrogens is 1. The zero-order valence-corrected chi connectivity index (χ0v) is 13.0. The van der Waals surface area contributed by atoms with E-state index in [-0.39, 0.29) is 10.3 Å². The van der Waals surface area contributed by atoms with Crippen LogP contribution in [0.1, 0.15) is 19.3 Å². The lowest BCUT2D eigenvalue weighted by Crippen LogP contribution is -2.44. The van der Waals surface area contributed by atoms with Crippen LogP contribution in [0.2, 0.25) is 0 Å². The largest absolute Gasteiger partial charge is 0.465 e. The topological polar surface area (TPSA) is 90.8 Å². The predicted octanol–water partition coefficient (Wildman–Crippen LogP) is 1.24. The number of hydrogen-bond donors (Lipinski definition) is 1. The van der Waals surface area contributed by atoms with Gasteiger partial charge in [0.2, 0.25) is 10.0 Å². The Morgan fingerprint density at radius 2 is 1.91 bits per heavy atom. The lowest BCUT2D eigenvalue weighted by molar-refractivity contribution is 0.0954. The number of pyridine rings is 1. The summed E-state index contributed by atoms with van der Waals surface area (Å²) >= 11 is 0. The van der Waals surface area contributed by atoms with Gasteiger partial charge in [0.25, 0.3) is 0 Å². The van der Waals surface area contributed by atoms with Gasteiger partial charge in [-0.05, 0) is 36.8 Å². The van der Waals surface area contributed by atoms with Crippen LogP contribution in [0.3, 0.4) is 0 Å². The minimum Gasteiger partial charge on any atom is -0.465 e. The van der Waals surface area contributed by atoms with Crippen LogP contribution in [0.25, 0.3) is 0 Å². The van der Waals surface area contributed by atoms with E-state index < -0.39 is 16.1 Å². The zero-order valence-electron chi connectivity index (χ0n) is 12.2. The smallest absolute Gasteiger partial charge is 0.407 e. The SMILES string of the molecule is O=C(O)N1CCC2(CC1)CCN(S(=O)(=O)c1cccnc1)C2. The van der Waals surface area contributed by atoms with Crippen LogP contribution in [-0.4, -0.2) is 60.0 Å². The Morgan fingerprint density at radius 3 is 2.50 bits per heavy atom. The van der Waals surface area contributed by atoms with Crippen LogP contribution in [0, 0.1) is 5.41 Å². The first-order chi connectivity index (χ1) is 10.4. The highest BCUT2D eigenvalue weighted by molar-refractivity contribution is 7.89. The molecular weight excluding hydrogens is 306 g/mol. The number of carbonyl (C=O) groups is 1. The molecule has 1 spiro atoms. The molecule has 0 radical (unpaired) electrons. The summed E-state index contributed by atoms with van der Waals surface area (Å²) in [5.74, 6) is 0. The lowest BCUT2D eigenvalue weighted by Gasteiger charge is -2.38. The van der Waals surface area contributed by atoms with Gasteiger partial charge in [-0.15, -0.1) is 0 Å². The Kier molecular flexibility index (Phi) is 3.82. The number of rotatable bonds is 2. The minimum atomic E-state index is -3.50. The van der Waals surface area contributed by atoms with Crippen molar-refractivity contribution in [3.05, 3.63) is 24.5 Å². The highest BCUT2D eigenvalue weighted by Crippen LogP contribution is 2.42. The number of carboxylic acid groups (broad SMARTS) is 1. The minimum absolute atomic E-state index is 0.0821. The summed E-state index contributed by atoms with van der Waals surface area (Å²) in [6.07, 6.45) is 4.25. The fourth-order valence-corrected chi connectivity index (χ4v) is 4.85. The second-order valence-electron chi connectivity index (χ2n) is 6.05. The Labute approximate surface area is 129 Å². The van der Waals surface area contributed by atoms with Crippen LogP contribution in [-0.2, 0) is 10.0 Å². The summed E-state index contributed by atoms with van der Waals surface area (Å²) in [7, 11) is -3.50. The molecule has 1 aromatic heterocycles. The standard InChI is InChI=1S/C14H19N3O4S/c18-13(19)16-7-3-14(4-8-16)5-9-17(11-14)22(20,21)12-2-1-6-15-10-12/h1-2,6,10H,3-5,7-9,11H2,(H,18,19). The van der Waals surface area contributed by atoms with Crippen molar-refractivity contribution in [1.29, 1.82) is 0 Å². The average Bonchev–Trinajstić information content (AvgIpc) is 2.93. The third kappa shape index (κ3) is 2.68. The summed E-state index contributed by atoms with van der Waals surface area (Å²) in [6, 6.07) is 3.17. The van der Waals surface area contributed by atoms with Gasteiger partial charge in [-0.2, -0.15) is 4.31 Å². The number of nitrogens with zero attached hydrogens (tertiary/aromatic N) is 3. The first-order valence-electron chi connectivity index (χ1n) is 7.31. The zero-order chi connectivity index (χ0) is 15.8. The number of piperidine rings is 1. The predicted molar refractivity (Wildman–Crippen MR) is 78.9 cm³/mol. The molecule has 0 atom stereocenters. The molecule has 3 heterocycles. The fourth-order valence-electron chi connectivity index (χ4n) is 3.33. The second kappa shape index (κ2) is 5.51. The molecule has 2 aliphatic heterocycles. The highest BCUT2D eigenvalue weighted by atomic mass is 32.2. The maximum absolute atomic E-state index is 12.6. The van der Waals surface area contributed by atoms with Gasteiger partial charge in [0.1, 0.15) is 4.90 Å². The van der Waals surface area contributed by atoms with Crippen molar-refractivity contribution in [2.75, 3.05) is 26.2 Å². The number of likely N-dealkylation sites (tertiary alicyclic amines) is 1. The molecule has 7 nitrogen and oxygen atoms in total. The van der Waals surface area contributed by atoms with Crippen LogP contribution < -0.4 is 0 Å². The summed E-state index contributed by atoms with van der Waals surface area (Å²) in [5, 5.41) is 9.01. The van der Waals surface area contributed by atoms with Gasteiger partial charge in [0.05, 0.1) is 0 Å². The third-order valence-electron chi connectivity index (χ3n) is 4.77. The van der Waals surface area contributed by atoms with Gasteiger partial charge in [0.15, 0.2) is 0 Å². The molecule has 2 aliphatic rings. The highest BCUT2D eigenvalue weighted by Gasteiger charge is 2.45. The van der Waals surface area contributed by atoms with E-state index in [1.807, 2.05) is 0 Å². The maximum Gasteiger partial charge on any atom is 0.407 e. The van der Waals surface area contributed by atoms with E-state index in [0.717, 1.165) is 19.3 Å². The van der Waals surface area contributed by atoms with Crippen molar-refractivity contribution in [2.24, 2.45) is 5.41 Å². The third-order valence-corrected chi connectivity index (χ3v) is 6.60. The molecule has 1 amide bonds. The molecule has 1 aromatic rings. The van der Waals surface area contributed by atoms with Crippen molar-refractivity contribution in [3.63, 3.8) is 0 Å². The molecule has 2 saturated heterocycles. The second-order valence-corrected chi connectivity index (χ2v) is 7.98. The molecule has 120 valence electrons. The molecular formula is C14H19N3O4S. The van der Waals surface area contributed by atoms with E-state index in [1.165, 1.54) is 15.4 Å². The summed E-state index contributed by atoms with van der Waals surface area (Å²) in [5.41, 5.74) is -0.0821. The van der Waals surface area contributed by atoms with Crippen molar-refractivity contribution < 1.29 is 18.3 Å². The summed E-state index contributed by atoms with van der Waals surface area (Å²) < 4.78 is 26.7. The molecule has 1 N–H and O–H groups in total. The monoisotopic (exact) mass is 325 g/mol. The van der Waals surface area contributed by atoms with Gasteiger partial charge < -0.3 is 10.0 Å². The molecule has 2 fully saturated rings. The van der Waals surface area contributed by atoms with E-state index in [9.17, 15) is 13.2 Å². The molecule has 0 bridgehead atoms. The number of amides is 1. The quantitative estimate of drug-likeness (QED) is 0.883. The first-order valence-corrected chi connectivity index (χ1v) is 8.75. The van der Waals surface area contributed by atoms with Crippen LogP contribution >= 0.6 is 0 Å². The van der Waals surface area contributed by atoms with Crippen LogP contribution in [0.4, 0.5) is 4.79 Å². The van der Waals surface area contributed by atoms with Gasteiger partial charge in [0, 0.05) is 38.6 Å². The van der Waals surface area contributed by atoms with E-state index in [4.69, 9.17) is 5.11 Å². The molecule has 3 rings (SSSR count). The Bertz CT molecular complexity index is 654. The summed E-state index contributed by atoms with van der Waals surface area (Å²) in [4.78, 5) is 16.5. The van der Waals surface area contributed by atoms with Gasteiger partial charge in [-0.25, -0.2) is 13.2 Å². The van der Waals surface area contributed by atoms with E-state index in [1.54, 1.807) is 18.3 Å². The van der Waals surface area contributed by atoms with Gasteiger partial charge >= 0.3 is 6.09 Å². The summed E-state index contributed by atoms with van der Waals surface area (Å²) in [6.45, 7) is 1.92. The van der Waals surface area contributed by atoms with Crippen molar-refractivity contribution in [3.8, 4) is 0 Å². The molecule has 0 unspecified atom stereocenters. The van der Waals surface area contributed by atoms with E-state index >= 15 is 0 Å². The van der Waals surface area contributed by atoms with E-state index in [0.29, 0.717) is 26.2 Å². The Hall–Kier alpha value is -1.67. The fraction of sp³-hybridized carbons (Fsp3) is 0.571. The van der Waals surface area contributed by atoms with Crippen molar-refractivity contribution >= 4 is 16.1 Å². The average molecular weight is 325 g/mol.